The van der Waals surface area contributed by atoms with Crippen molar-refractivity contribution in [2.75, 3.05) is 30.7 Å². The Morgan fingerprint density at radius 1 is 1.19 bits per heavy atom. The van der Waals surface area contributed by atoms with Crippen LogP contribution < -0.4 is 5.32 Å². The van der Waals surface area contributed by atoms with Crippen molar-refractivity contribution in [3.63, 3.8) is 0 Å². The zero-order valence-corrected chi connectivity index (χ0v) is 19.0. The predicted molar refractivity (Wildman–Crippen MR) is 123 cm³/mol. The van der Waals surface area contributed by atoms with E-state index in [-0.39, 0.29) is 6.04 Å². The molecule has 2 aliphatic heterocycles. The van der Waals surface area contributed by atoms with E-state index in [9.17, 15) is 17.4 Å². The molecule has 0 spiro atoms. The van der Waals surface area contributed by atoms with Crippen LogP contribution in [0.5, 0.6) is 0 Å². The molecule has 1 fully saturated rings. The van der Waals surface area contributed by atoms with Crippen LogP contribution in [0.15, 0.2) is 35.5 Å². The topological polar surface area (TPSA) is 57.6 Å². The Balaban J connectivity index is 1.53. The van der Waals surface area contributed by atoms with Gasteiger partial charge in [-0.15, -0.1) is 0 Å². The summed E-state index contributed by atoms with van der Waals surface area (Å²) >= 11 is 0. The fraction of sp³-hybridized carbons (Fsp3) is 0.478. The van der Waals surface area contributed by atoms with Crippen molar-refractivity contribution >= 4 is 22.9 Å². The zero-order valence-electron chi connectivity index (χ0n) is 18.2. The number of aliphatic imine (C=N–C) groups is 1. The van der Waals surface area contributed by atoms with E-state index >= 15 is 0 Å². The van der Waals surface area contributed by atoms with Gasteiger partial charge in [0, 0.05) is 66.5 Å². The maximum atomic E-state index is 12.6. The van der Waals surface area contributed by atoms with E-state index in [1.807, 2.05) is 25.4 Å². The summed E-state index contributed by atoms with van der Waals surface area (Å²) in [6.07, 6.45) is 0.613. The number of anilines is 1. The molecule has 32 heavy (non-hydrogen) atoms. The number of pyridine rings is 1. The van der Waals surface area contributed by atoms with Gasteiger partial charge < -0.3 is 5.32 Å². The predicted octanol–water partition coefficient (Wildman–Crippen LogP) is 4.70. The second-order valence-corrected chi connectivity index (χ2v) is 9.99. The second-order valence-electron chi connectivity index (χ2n) is 8.54. The van der Waals surface area contributed by atoms with Crippen molar-refractivity contribution in [1.82, 2.24) is 9.29 Å². The number of fused-ring (bicyclic) bond motifs is 1. The molecule has 3 heterocycles. The summed E-state index contributed by atoms with van der Waals surface area (Å²) < 4.78 is 51.1. The number of nitrogens with one attached hydrogen (secondary N) is 1. The molecule has 0 radical (unpaired) electrons. The highest BCUT2D eigenvalue weighted by atomic mass is 32.2. The maximum Gasteiger partial charge on any atom is 0.401 e. The van der Waals surface area contributed by atoms with Gasteiger partial charge in [-0.3, -0.25) is 9.98 Å². The molecular formula is C23H27F3N4OS. The van der Waals surface area contributed by atoms with E-state index in [0.29, 0.717) is 31.8 Å². The van der Waals surface area contributed by atoms with Gasteiger partial charge in [-0.2, -0.15) is 13.2 Å². The van der Waals surface area contributed by atoms with E-state index in [2.05, 4.69) is 40.4 Å². The summed E-state index contributed by atoms with van der Waals surface area (Å²) in [4.78, 5) is 8.93. The first-order valence-electron chi connectivity index (χ1n) is 10.8. The lowest BCUT2D eigenvalue weighted by Gasteiger charge is -2.33. The lowest BCUT2D eigenvalue weighted by atomic mass is 9.89. The number of aromatic nitrogens is 1. The van der Waals surface area contributed by atoms with Gasteiger partial charge in [0.2, 0.25) is 0 Å². The molecule has 2 aromatic rings. The largest absolute Gasteiger partial charge is 0.401 e. The average molecular weight is 465 g/mol. The van der Waals surface area contributed by atoms with Crippen LogP contribution in [-0.2, 0) is 11.0 Å². The van der Waals surface area contributed by atoms with Crippen LogP contribution in [0.4, 0.5) is 18.9 Å². The first-order valence-corrected chi connectivity index (χ1v) is 12.0. The van der Waals surface area contributed by atoms with Gasteiger partial charge in [0.1, 0.15) is 16.7 Å². The van der Waals surface area contributed by atoms with Gasteiger partial charge >= 0.3 is 6.18 Å². The van der Waals surface area contributed by atoms with Crippen molar-refractivity contribution in [2.45, 2.75) is 44.8 Å². The minimum atomic E-state index is -4.42. The molecule has 2 aliphatic rings. The standard InChI is InChI=1S/C23H27F3N4OS/c1-15-11-27-13-21-20(15)9-18(17-4-3-16(2)28-12-17)10-22(21)29-19-5-7-30(8-6-19)32(31)14-23(24,25)26/h3-4,9-10,12-13,15,19,29H,5-8,11,14H2,1-2H3. The molecule has 0 amide bonds. The molecule has 0 saturated carbocycles. The van der Waals surface area contributed by atoms with Crippen molar-refractivity contribution in [3.05, 3.63) is 47.3 Å². The average Bonchev–Trinajstić information content (AvgIpc) is 2.74. The van der Waals surface area contributed by atoms with Gasteiger partial charge in [-0.05, 0) is 49.1 Å². The number of hydrogen-bond donors (Lipinski definition) is 1. The minimum absolute atomic E-state index is 0.0928. The monoisotopic (exact) mass is 464 g/mol. The summed E-state index contributed by atoms with van der Waals surface area (Å²) in [5.74, 6) is -0.986. The van der Waals surface area contributed by atoms with Gasteiger partial charge in [0.05, 0.1) is 0 Å². The van der Waals surface area contributed by atoms with Crippen LogP contribution in [0.3, 0.4) is 0 Å². The highest BCUT2D eigenvalue weighted by molar-refractivity contribution is 7.82. The summed E-state index contributed by atoms with van der Waals surface area (Å²) in [6, 6.07) is 8.44. The van der Waals surface area contributed by atoms with Crippen molar-refractivity contribution in [2.24, 2.45) is 4.99 Å². The Morgan fingerprint density at radius 3 is 2.59 bits per heavy atom. The summed E-state index contributed by atoms with van der Waals surface area (Å²) in [6.45, 7) is 5.59. The smallest absolute Gasteiger partial charge is 0.382 e. The molecule has 4 rings (SSSR count). The van der Waals surface area contributed by atoms with E-state index in [1.54, 1.807) is 0 Å². The quantitative estimate of drug-likeness (QED) is 0.698. The van der Waals surface area contributed by atoms with Crippen LogP contribution in [0.2, 0.25) is 0 Å². The zero-order chi connectivity index (χ0) is 22.9. The normalized spacial score (nSPS) is 20.7. The number of aryl methyl sites for hydroxylation is 1. The summed E-state index contributed by atoms with van der Waals surface area (Å²) in [5.41, 5.74) is 6.33. The SMILES string of the molecule is Cc1ccc(-c2cc(NC3CCN(S(=O)CC(F)(F)F)CC3)c3c(c2)C(C)CN=C3)cn1. The van der Waals surface area contributed by atoms with Crippen LogP contribution in [0, 0.1) is 6.92 Å². The Hall–Kier alpha value is -2.26. The van der Waals surface area contributed by atoms with E-state index in [1.165, 1.54) is 9.87 Å². The fourth-order valence-electron chi connectivity index (χ4n) is 4.21. The molecule has 1 N–H and O–H groups in total. The van der Waals surface area contributed by atoms with E-state index in [0.717, 1.165) is 34.6 Å². The molecule has 9 heteroatoms. The molecule has 2 unspecified atom stereocenters. The molecule has 0 bridgehead atoms. The van der Waals surface area contributed by atoms with E-state index in [4.69, 9.17) is 0 Å². The number of halogens is 3. The number of hydrogen-bond acceptors (Lipinski definition) is 4. The first-order chi connectivity index (χ1) is 15.2. The lowest BCUT2D eigenvalue weighted by Crippen LogP contribution is -2.42. The van der Waals surface area contributed by atoms with Crippen molar-refractivity contribution in [3.8, 4) is 11.1 Å². The van der Waals surface area contributed by atoms with Crippen LogP contribution in [-0.4, -0.2) is 57.3 Å². The van der Waals surface area contributed by atoms with Crippen molar-refractivity contribution in [1.29, 1.82) is 0 Å². The first kappa shape index (κ1) is 22.9. The Morgan fingerprint density at radius 2 is 1.94 bits per heavy atom. The lowest BCUT2D eigenvalue weighted by molar-refractivity contribution is -0.106. The Bertz CT molecular complexity index is 1020. The fourth-order valence-corrected chi connectivity index (χ4v) is 5.29. The number of alkyl halides is 3. The van der Waals surface area contributed by atoms with Crippen LogP contribution >= 0.6 is 0 Å². The van der Waals surface area contributed by atoms with Gasteiger partial charge in [0.25, 0.3) is 0 Å². The third-order valence-corrected chi connectivity index (χ3v) is 7.49. The summed E-state index contributed by atoms with van der Waals surface area (Å²) in [7, 11) is -2.02. The number of rotatable bonds is 5. The highest BCUT2D eigenvalue weighted by Gasteiger charge is 2.34. The maximum absolute atomic E-state index is 12.6. The molecule has 1 aromatic heterocycles. The molecule has 1 aromatic carbocycles. The number of nitrogens with zero attached hydrogens (tertiary/aromatic N) is 3. The van der Waals surface area contributed by atoms with E-state index < -0.39 is 22.9 Å². The third kappa shape index (κ3) is 5.38. The van der Waals surface area contributed by atoms with Gasteiger partial charge in [-0.1, -0.05) is 13.0 Å². The molecule has 5 nitrogen and oxygen atoms in total. The number of piperidine rings is 1. The Kier molecular flexibility index (Phi) is 6.67. The Labute approximate surface area is 188 Å². The molecule has 2 atom stereocenters. The molecular weight excluding hydrogens is 437 g/mol. The number of benzene rings is 1. The van der Waals surface area contributed by atoms with Gasteiger partial charge in [0.15, 0.2) is 0 Å². The third-order valence-electron chi connectivity index (χ3n) is 5.98. The molecule has 172 valence electrons. The van der Waals surface area contributed by atoms with Crippen molar-refractivity contribution < 1.29 is 17.4 Å². The minimum Gasteiger partial charge on any atom is -0.382 e. The molecule has 0 aliphatic carbocycles. The molecule has 1 saturated heterocycles. The second kappa shape index (κ2) is 9.31. The summed E-state index contributed by atoms with van der Waals surface area (Å²) in [5, 5.41) is 3.60. The highest BCUT2D eigenvalue weighted by Crippen LogP contribution is 2.35. The van der Waals surface area contributed by atoms with Crippen LogP contribution in [0.25, 0.3) is 11.1 Å². The van der Waals surface area contributed by atoms with Gasteiger partial charge in [-0.25, -0.2) is 8.51 Å². The van der Waals surface area contributed by atoms with Crippen LogP contribution in [0.1, 0.15) is 42.5 Å².